The first-order valence-corrected chi connectivity index (χ1v) is 3.70. The maximum atomic E-state index is 2.37. The van der Waals surface area contributed by atoms with E-state index in [0.717, 1.165) is 17.8 Å². The first-order valence-electron chi connectivity index (χ1n) is 3.70. The predicted octanol–water partition coefficient (Wildman–Crippen LogP) is 2.69. The zero-order valence-corrected chi connectivity index (χ0v) is 6.15. The molecule has 0 saturated heterocycles. The van der Waals surface area contributed by atoms with Gasteiger partial charge < -0.3 is 0 Å². The Labute approximate surface area is 52.3 Å². The highest BCUT2D eigenvalue weighted by Gasteiger charge is 2.24. The molecule has 0 aromatic rings. The van der Waals surface area contributed by atoms with Gasteiger partial charge in [-0.15, -0.1) is 0 Å². The molecule has 0 nitrogen and oxygen atoms in total. The van der Waals surface area contributed by atoms with Crippen LogP contribution in [0.2, 0.25) is 0 Å². The average Bonchev–Trinajstić information content (AvgIpc) is 1.85. The fourth-order valence-electron chi connectivity index (χ4n) is 1.83. The van der Waals surface area contributed by atoms with Crippen molar-refractivity contribution in [3.05, 3.63) is 0 Å². The number of hydrogen-bond donors (Lipinski definition) is 0. The second-order valence-electron chi connectivity index (χ2n) is 3.53. The third-order valence-electron chi connectivity index (χ3n) is 2.52. The summed E-state index contributed by atoms with van der Waals surface area (Å²) in [5.74, 6) is 2.98. The molecule has 48 valence electrons. The summed E-state index contributed by atoms with van der Waals surface area (Å²) in [7, 11) is 0. The van der Waals surface area contributed by atoms with Crippen LogP contribution >= 0.6 is 0 Å². The average molecular weight is 112 g/mol. The lowest BCUT2D eigenvalue weighted by Crippen LogP contribution is -1.95. The van der Waals surface area contributed by atoms with Gasteiger partial charge in [0.25, 0.3) is 0 Å². The molecule has 0 heterocycles. The summed E-state index contributed by atoms with van der Waals surface area (Å²) < 4.78 is 0. The lowest BCUT2D eigenvalue weighted by Gasteiger charge is -2.04. The van der Waals surface area contributed by atoms with Gasteiger partial charge in [0.2, 0.25) is 0 Å². The van der Waals surface area contributed by atoms with Crippen LogP contribution < -0.4 is 0 Å². The first-order chi connectivity index (χ1) is 3.70. The topological polar surface area (TPSA) is 0 Å². The monoisotopic (exact) mass is 112 g/mol. The van der Waals surface area contributed by atoms with Crippen molar-refractivity contribution in [2.45, 2.75) is 33.6 Å². The van der Waals surface area contributed by atoms with Crippen LogP contribution in [0, 0.1) is 17.8 Å². The molecule has 0 aromatic heterocycles. The van der Waals surface area contributed by atoms with E-state index in [0.29, 0.717) is 0 Å². The van der Waals surface area contributed by atoms with E-state index in [1.165, 1.54) is 12.8 Å². The molecule has 1 aliphatic rings. The smallest absolute Gasteiger partial charge is 0.0414 e. The molecular weight excluding hydrogens is 96.1 g/mol. The molecule has 0 N–H and O–H groups in total. The molecule has 1 rings (SSSR count). The normalized spacial score (nSPS) is 40.9. The van der Waals surface area contributed by atoms with Crippen molar-refractivity contribution < 1.29 is 0 Å². The Balaban J connectivity index is 2.39. The lowest BCUT2D eigenvalue weighted by molar-refractivity contribution is 0.457. The maximum Gasteiger partial charge on any atom is -0.0414 e. The highest BCUT2D eigenvalue weighted by Crippen LogP contribution is 2.34. The Morgan fingerprint density at radius 1 is 0.875 bits per heavy atom. The standard InChI is InChI=1S/C8H16/c1-6-4-7(2)8(3)5-6/h6-8H,4-5H2,1-3H3/t7-,8-/m0/s1. The largest absolute Gasteiger partial charge is 0.0625 e. The van der Waals surface area contributed by atoms with Crippen molar-refractivity contribution >= 4 is 0 Å². The van der Waals surface area contributed by atoms with Crippen molar-refractivity contribution in [3.8, 4) is 0 Å². The van der Waals surface area contributed by atoms with Crippen LogP contribution in [-0.4, -0.2) is 0 Å². The fourth-order valence-corrected chi connectivity index (χ4v) is 1.83. The third kappa shape index (κ3) is 1.04. The van der Waals surface area contributed by atoms with E-state index >= 15 is 0 Å². The summed E-state index contributed by atoms with van der Waals surface area (Å²) >= 11 is 0. The molecule has 0 radical (unpaired) electrons. The quantitative estimate of drug-likeness (QED) is 0.452. The van der Waals surface area contributed by atoms with Gasteiger partial charge in [-0.05, 0) is 30.6 Å². The van der Waals surface area contributed by atoms with Crippen molar-refractivity contribution in [1.29, 1.82) is 0 Å². The maximum absolute atomic E-state index is 2.37. The van der Waals surface area contributed by atoms with Crippen LogP contribution in [0.1, 0.15) is 33.6 Å². The van der Waals surface area contributed by atoms with Crippen LogP contribution in [0.5, 0.6) is 0 Å². The van der Waals surface area contributed by atoms with Gasteiger partial charge >= 0.3 is 0 Å². The predicted molar refractivity (Wildman–Crippen MR) is 36.7 cm³/mol. The molecule has 0 unspecified atom stereocenters. The minimum absolute atomic E-state index is 0.991. The Morgan fingerprint density at radius 2 is 1.25 bits per heavy atom. The second-order valence-corrected chi connectivity index (χ2v) is 3.53. The Morgan fingerprint density at radius 3 is 1.38 bits per heavy atom. The van der Waals surface area contributed by atoms with Crippen molar-refractivity contribution in [1.82, 2.24) is 0 Å². The zero-order chi connectivity index (χ0) is 6.15. The molecule has 1 aliphatic carbocycles. The summed E-state index contributed by atoms with van der Waals surface area (Å²) in [4.78, 5) is 0. The summed E-state index contributed by atoms with van der Waals surface area (Å²) in [6, 6.07) is 0. The zero-order valence-electron chi connectivity index (χ0n) is 6.15. The van der Waals surface area contributed by atoms with Gasteiger partial charge in [-0.25, -0.2) is 0 Å². The van der Waals surface area contributed by atoms with Gasteiger partial charge in [-0.3, -0.25) is 0 Å². The minimum Gasteiger partial charge on any atom is -0.0625 e. The van der Waals surface area contributed by atoms with Crippen LogP contribution in [-0.2, 0) is 0 Å². The van der Waals surface area contributed by atoms with Gasteiger partial charge in [-0.1, -0.05) is 20.8 Å². The molecule has 0 aliphatic heterocycles. The number of rotatable bonds is 0. The molecule has 1 fully saturated rings. The molecular formula is C8H16. The Hall–Kier alpha value is 0. The molecule has 8 heavy (non-hydrogen) atoms. The minimum atomic E-state index is 0.991. The third-order valence-corrected chi connectivity index (χ3v) is 2.52. The van der Waals surface area contributed by atoms with Crippen LogP contribution in [0.15, 0.2) is 0 Å². The van der Waals surface area contributed by atoms with E-state index in [1.54, 1.807) is 0 Å². The van der Waals surface area contributed by atoms with Crippen LogP contribution in [0.4, 0.5) is 0 Å². The van der Waals surface area contributed by atoms with E-state index in [4.69, 9.17) is 0 Å². The summed E-state index contributed by atoms with van der Waals surface area (Å²) in [5, 5.41) is 0. The van der Waals surface area contributed by atoms with E-state index < -0.39 is 0 Å². The van der Waals surface area contributed by atoms with Crippen LogP contribution in [0.25, 0.3) is 0 Å². The SMILES string of the molecule is CC1C[C@H](C)[C@@H](C)C1. The van der Waals surface area contributed by atoms with Crippen LogP contribution in [0.3, 0.4) is 0 Å². The van der Waals surface area contributed by atoms with Gasteiger partial charge in [-0.2, -0.15) is 0 Å². The van der Waals surface area contributed by atoms with E-state index in [9.17, 15) is 0 Å². The highest BCUT2D eigenvalue weighted by molar-refractivity contribution is 4.74. The van der Waals surface area contributed by atoms with E-state index in [-0.39, 0.29) is 0 Å². The molecule has 0 spiro atoms. The molecule has 1 saturated carbocycles. The summed E-state index contributed by atoms with van der Waals surface area (Å²) in [6.45, 7) is 7.10. The van der Waals surface area contributed by atoms with E-state index in [1.807, 2.05) is 0 Å². The summed E-state index contributed by atoms with van der Waals surface area (Å²) in [5.41, 5.74) is 0. The molecule has 2 atom stereocenters. The lowest BCUT2D eigenvalue weighted by atomic mass is 10.0. The Bertz CT molecular complexity index is 66.1. The second kappa shape index (κ2) is 2.08. The molecule has 0 heteroatoms. The molecule has 0 bridgehead atoms. The van der Waals surface area contributed by atoms with Gasteiger partial charge in [0, 0.05) is 0 Å². The number of hydrogen-bond acceptors (Lipinski definition) is 0. The van der Waals surface area contributed by atoms with Crippen molar-refractivity contribution in [2.75, 3.05) is 0 Å². The highest BCUT2D eigenvalue weighted by atomic mass is 14.3. The Kier molecular flexibility index (Phi) is 1.59. The first kappa shape index (κ1) is 6.12. The van der Waals surface area contributed by atoms with E-state index in [2.05, 4.69) is 20.8 Å². The fraction of sp³-hybridized carbons (Fsp3) is 1.00. The van der Waals surface area contributed by atoms with Crippen molar-refractivity contribution in [2.24, 2.45) is 17.8 Å². The van der Waals surface area contributed by atoms with Crippen molar-refractivity contribution in [3.63, 3.8) is 0 Å². The van der Waals surface area contributed by atoms with Gasteiger partial charge in [0.05, 0.1) is 0 Å². The van der Waals surface area contributed by atoms with Gasteiger partial charge in [0.1, 0.15) is 0 Å². The molecule has 0 amide bonds. The molecule has 0 aromatic carbocycles. The van der Waals surface area contributed by atoms with Gasteiger partial charge in [0.15, 0.2) is 0 Å². The summed E-state index contributed by atoms with van der Waals surface area (Å²) in [6.07, 6.45) is 2.92.